The molecule has 4 heteroatoms. The van der Waals surface area contributed by atoms with Gasteiger partial charge in [-0.3, -0.25) is 0 Å². The zero-order valence-electron chi connectivity index (χ0n) is 10.3. The third-order valence-electron chi connectivity index (χ3n) is 2.84. The molecule has 1 atom stereocenters. The molecular weight excluding hydrogens is 371 g/mol. The number of halogens is 2. The monoisotopic (exact) mass is 382 g/mol. The van der Waals surface area contributed by atoms with Crippen molar-refractivity contribution in [2.45, 2.75) is 13.0 Å². The second-order valence-corrected chi connectivity index (χ2v) is 5.88. The van der Waals surface area contributed by atoms with E-state index >= 15 is 0 Å². The Hall–Kier alpha value is -1.25. The summed E-state index contributed by atoms with van der Waals surface area (Å²) in [5.74, 6) is 0. The van der Waals surface area contributed by atoms with Gasteiger partial charge in [0.15, 0.2) is 0 Å². The van der Waals surface area contributed by atoms with Crippen molar-refractivity contribution in [2.24, 2.45) is 0 Å². The van der Waals surface area contributed by atoms with Crippen molar-refractivity contribution < 1.29 is 0 Å². The number of nitriles is 1. The van der Waals surface area contributed by atoms with Gasteiger partial charge in [-0.15, -0.1) is 0 Å². The smallest absolute Gasteiger partial charge is 0.0991 e. The summed E-state index contributed by atoms with van der Waals surface area (Å²) in [6, 6.07) is 15.7. The average molecular weight is 383 g/mol. The lowest BCUT2D eigenvalue weighted by molar-refractivity contribution is 0.884. The Labute approximate surface area is 131 Å². The highest BCUT2D eigenvalue weighted by Gasteiger charge is 2.08. The summed E-state index contributed by atoms with van der Waals surface area (Å²) < 4.78 is 1.11. The van der Waals surface area contributed by atoms with Crippen LogP contribution in [-0.2, 0) is 0 Å². The molecule has 1 unspecified atom stereocenters. The molecule has 0 bridgehead atoms. The Kier molecular flexibility index (Phi) is 4.67. The van der Waals surface area contributed by atoms with Crippen LogP contribution >= 0.6 is 34.2 Å². The minimum absolute atomic E-state index is 0.130. The highest BCUT2D eigenvalue weighted by atomic mass is 127. The third-order valence-corrected chi connectivity index (χ3v) is 3.83. The highest BCUT2D eigenvalue weighted by molar-refractivity contribution is 14.1. The first-order valence-electron chi connectivity index (χ1n) is 5.82. The van der Waals surface area contributed by atoms with Crippen LogP contribution in [0, 0.1) is 14.9 Å². The van der Waals surface area contributed by atoms with Gasteiger partial charge in [0.2, 0.25) is 0 Å². The van der Waals surface area contributed by atoms with E-state index in [0.717, 1.165) is 14.8 Å². The Balaban J connectivity index is 2.16. The van der Waals surface area contributed by atoms with Crippen molar-refractivity contribution in [1.29, 1.82) is 5.26 Å². The summed E-state index contributed by atoms with van der Waals surface area (Å²) in [4.78, 5) is 0. The first kappa shape index (κ1) is 14.2. The van der Waals surface area contributed by atoms with Gasteiger partial charge in [0.25, 0.3) is 0 Å². The third kappa shape index (κ3) is 3.62. The van der Waals surface area contributed by atoms with Crippen LogP contribution in [0.3, 0.4) is 0 Å². The fourth-order valence-corrected chi connectivity index (χ4v) is 2.68. The maximum absolute atomic E-state index is 8.78. The van der Waals surface area contributed by atoms with Crippen LogP contribution in [0.5, 0.6) is 0 Å². The lowest BCUT2D eigenvalue weighted by atomic mass is 10.1. The van der Waals surface area contributed by atoms with Crippen LogP contribution in [0.15, 0.2) is 42.5 Å². The molecule has 0 aromatic heterocycles. The summed E-state index contributed by atoms with van der Waals surface area (Å²) in [5, 5.41) is 12.9. The molecule has 96 valence electrons. The molecule has 2 aromatic rings. The van der Waals surface area contributed by atoms with Crippen molar-refractivity contribution in [3.8, 4) is 6.07 Å². The number of nitrogens with zero attached hydrogens (tertiary/aromatic N) is 1. The maximum Gasteiger partial charge on any atom is 0.0991 e. The van der Waals surface area contributed by atoms with Crippen LogP contribution in [-0.4, -0.2) is 0 Å². The molecule has 0 aliphatic rings. The molecule has 19 heavy (non-hydrogen) atoms. The van der Waals surface area contributed by atoms with Gasteiger partial charge in [-0.2, -0.15) is 5.26 Å². The van der Waals surface area contributed by atoms with Crippen LogP contribution in [0.2, 0.25) is 5.02 Å². The van der Waals surface area contributed by atoms with Crippen molar-refractivity contribution >= 4 is 39.9 Å². The van der Waals surface area contributed by atoms with E-state index in [2.05, 4.69) is 40.9 Å². The fraction of sp³-hybridized carbons (Fsp3) is 0.133. The molecule has 0 fully saturated rings. The Morgan fingerprint density at radius 2 is 1.89 bits per heavy atom. The molecule has 2 nitrogen and oxygen atoms in total. The van der Waals surface area contributed by atoms with Crippen molar-refractivity contribution in [3.63, 3.8) is 0 Å². The Bertz CT molecular complexity index is 617. The van der Waals surface area contributed by atoms with Gasteiger partial charge in [0.05, 0.1) is 22.3 Å². The molecule has 0 spiro atoms. The summed E-state index contributed by atoms with van der Waals surface area (Å²) in [5.41, 5.74) is 2.70. The summed E-state index contributed by atoms with van der Waals surface area (Å²) >= 11 is 8.43. The van der Waals surface area contributed by atoms with Gasteiger partial charge in [-0.1, -0.05) is 23.7 Å². The number of hydrogen-bond donors (Lipinski definition) is 1. The predicted molar refractivity (Wildman–Crippen MR) is 87.4 cm³/mol. The molecule has 0 amide bonds. The van der Waals surface area contributed by atoms with Gasteiger partial charge >= 0.3 is 0 Å². The zero-order chi connectivity index (χ0) is 13.8. The van der Waals surface area contributed by atoms with Crippen LogP contribution in [0.25, 0.3) is 0 Å². The number of anilines is 1. The molecule has 0 radical (unpaired) electrons. The van der Waals surface area contributed by atoms with Gasteiger partial charge < -0.3 is 5.32 Å². The van der Waals surface area contributed by atoms with Crippen molar-refractivity contribution in [1.82, 2.24) is 0 Å². The normalized spacial score (nSPS) is 11.7. The molecule has 0 saturated heterocycles. The second kappa shape index (κ2) is 6.27. The standard InChI is InChI=1S/C15H12ClIN2/c1-10(12-4-2-11(9-18)3-5-12)19-15-7-6-13(17)8-14(15)16/h2-8,10,19H,1H3. The molecule has 2 rings (SSSR count). The molecule has 0 aliphatic carbocycles. The van der Waals surface area contributed by atoms with E-state index in [-0.39, 0.29) is 6.04 Å². The SMILES string of the molecule is CC(Nc1ccc(I)cc1Cl)c1ccc(C#N)cc1. The quantitative estimate of drug-likeness (QED) is 0.759. The Morgan fingerprint density at radius 3 is 2.47 bits per heavy atom. The zero-order valence-corrected chi connectivity index (χ0v) is 13.2. The van der Waals surface area contributed by atoms with E-state index < -0.39 is 0 Å². The van der Waals surface area contributed by atoms with Crippen molar-refractivity contribution in [2.75, 3.05) is 5.32 Å². The summed E-state index contributed by atoms with van der Waals surface area (Å²) in [6.07, 6.45) is 0. The van der Waals surface area contributed by atoms with Gasteiger partial charge in [-0.25, -0.2) is 0 Å². The van der Waals surface area contributed by atoms with E-state index in [9.17, 15) is 0 Å². The first-order valence-corrected chi connectivity index (χ1v) is 7.27. The minimum Gasteiger partial charge on any atom is -0.377 e. The predicted octanol–water partition coefficient (Wildman–Crippen LogP) is 4.99. The second-order valence-electron chi connectivity index (χ2n) is 4.22. The number of rotatable bonds is 3. The fourth-order valence-electron chi connectivity index (χ4n) is 1.77. The molecular formula is C15H12ClIN2. The maximum atomic E-state index is 8.78. The van der Waals surface area contributed by atoms with Gasteiger partial charge in [0, 0.05) is 9.61 Å². The lowest BCUT2D eigenvalue weighted by Gasteiger charge is -2.17. The number of hydrogen-bond acceptors (Lipinski definition) is 2. The van der Waals surface area contributed by atoms with Crippen LogP contribution in [0.1, 0.15) is 24.1 Å². The van der Waals surface area contributed by atoms with E-state index in [1.807, 2.05) is 42.5 Å². The molecule has 2 aromatic carbocycles. The van der Waals surface area contributed by atoms with Crippen LogP contribution < -0.4 is 5.32 Å². The van der Waals surface area contributed by atoms with Crippen LogP contribution in [0.4, 0.5) is 5.69 Å². The number of benzene rings is 2. The van der Waals surface area contributed by atoms with E-state index in [0.29, 0.717) is 10.6 Å². The van der Waals surface area contributed by atoms with E-state index in [4.69, 9.17) is 16.9 Å². The molecule has 0 aliphatic heterocycles. The molecule has 0 saturated carbocycles. The van der Waals surface area contributed by atoms with E-state index in [1.165, 1.54) is 0 Å². The minimum atomic E-state index is 0.130. The van der Waals surface area contributed by atoms with Crippen molar-refractivity contribution in [3.05, 3.63) is 62.2 Å². The van der Waals surface area contributed by atoms with E-state index in [1.54, 1.807) is 0 Å². The summed E-state index contributed by atoms with van der Waals surface area (Å²) in [6.45, 7) is 2.07. The molecule has 1 N–H and O–H groups in total. The van der Waals surface area contributed by atoms with Gasteiger partial charge in [0.1, 0.15) is 0 Å². The number of nitrogens with one attached hydrogen (secondary N) is 1. The highest BCUT2D eigenvalue weighted by Crippen LogP contribution is 2.27. The molecule has 0 heterocycles. The lowest BCUT2D eigenvalue weighted by Crippen LogP contribution is -2.07. The topological polar surface area (TPSA) is 35.8 Å². The first-order chi connectivity index (χ1) is 9.10. The largest absolute Gasteiger partial charge is 0.377 e. The average Bonchev–Trinajstić information content (AvgIpc) is 2.42. The van der Waals surface area contributed by atoms with Gasteiger partial charge in [-0.05, 0) is 65.4 Å². The summed E-state index contributed by atoms with van der Waals surface area (Å²) in [7, 11) is 0. The Morgan fingerprint density at radius 1 is 1.21 bits per heavy atom.